The van der Waals surface area contributed by atoms with Crippen molar-refractivity contribution in [2.45, 2.75) is 56.1 Å². The summed E-state index contributed by atoms with van der Waals surface area (Å²) in [5.41, 5.74) is 3.71. The molecule has 0 bridgehead atoms. The number of nitrogens with one attached hydrogen (secondary N) is 2. The molecule has 1 saturated carbocycles. The Bertz CT molecular complexity index is 899. The van der Waals surface area contributed by atoms with E-state index >= 15 is 0 Å². The summed E-state index contributed by atoms with van der Waals surface area (Å²) in [7, 11) is 0. The topological polar surface area (TPSA) is 78.4 Å². The first kappa shape index (κ1) is 21.4. The van der Waals surface area contributed by atoms with Gasteiger partial charge in [-0.05, 0) is 61.3 Å². The highest BCUT2D eigenvalue weighted by molar-refractivity contribution is 8.00. The van der Waals surface area contributed by atoms with Gasteiger partial charge in [0, 0.05) is 27.8 Å². The monoisotopic (exact) mass is 444 g/mol. The average molecular weight is 445 g/mol. The lowest BCUT2D eigenvalue weighted by Gasteiger charge is -2.35. The molecule has 2 aromatic rings. The van der Waals surface area contributed by atoms with Gasteiger partial charge in [0.15, 0.2) is 0 Å². The molecule has 2 fully saturated rings. The maximum absolute atomic E-state index is 12.5. The number of anilines is 1. The summed E-state index contributed by atoms with van der Waals surface area (Å²) in [6, 6.07) is 12.2. The fourth-order valence-electron chi connectivity index (χ4n) is 4.49. The molecule has 0 radical (unpaired) electrons. The van der Waals surface area contributed by atoms with Gasteiger partial charge >= 0.3 is 0 Å². The number of amides is 2. The zero-order valence-corrected chi connectivity index (χ0v) is 18.6. The first-order valence-corrected chi connectivity index (χ1v) is 12.5. The van der Waals surface area contributed by atoms with Gasteiger partial charge in [-0.1, -0.05) is 31.4 Å². The number of rotatable bonds is 6. The Hall–Kier alpha value is -1.83. The summed E-state index contributed by atoms with van der Waals surface area (Å²) < 4.78 is -0.276. The largest absolute Gasteiger partial charge is 0.326 e. The molecule has 7 heteroatoms. The van der Waals surface area contributed by atoms with E-state index in [1.165, 1.54) is 4.88 Å². The zero-order valence-electron chi connectivity index (χ0n) is 17.0. The minimum atomic E-state index is -0.337. The van der Waals surface area contributed by atoms with E-state index in [1.807, 2.05) is 30.0 Å². The molecule has 160 valence electrons. The minimum Gasteiger partial charge on any atom is -0.326 e. The van der Waals surface area contributed by atoms with Gasteiger partial charge in [-0.2, -0.15) is 0 Å². The number of benzene rings is 1. The quantitative estimate of drug-likeness (QED) is 0.403. The Kier molecular flexibility index (Phi) is 6.80. The third kappa shape index (κ3) is 4.74. The van der Waals surface area contributed by atoms with Crippen molar-refractivity contribution in [3.05, 3.63) is 41.3 Å². The summed E-state index contributed by atoms with van der Waals surface area (Å²) in [4.78, 5) is 26.8. The van der Waals surface area contributed by atoms with E-state index in [4.69, 9.17) is 5.21 Å². The fourth-order valence-corrected chi connectivity index (χ4v) is 7.38. The Morgan fingerprint density at radius 2 is 1.93 bits per heavy atom. The van der Waals surface area contributed by atoms with Gasteiger partial charge in [0.1, 0.15) is 0 Å². The van der Waals surface area contributed by atoms with E-state index in [0.717, 1.165) is 66.8 Å². The molecule has 2 heterocycles. The van der Waals surface area contributed by atoms with E-state index in [2.05, 4.69) is 23.5 Å². The lowest BCUT2D eigenvalue weighted by molar-refractivity contribution is -0.129. The molecule has 3 N–H and O–H groups in total. The van der Waals surface area contributed by atoms with Crippen LogP contribution in [0.15, 0.2) is 36.4 Å². The van der Waals surface area contributed by atoms with Crippen LogP contribution < -0.4 is 10.8 Å². The normalized spacial score (nSPS) is 22.0. The van der Waals surface area contributed by atoms with Crippen LogP contribution in [0.2, 0.25) is 0 Å². The number of hydrogen-bond donors (Lipinski definition) is 3. The summed E-state index contributed by atoms with van der Waals surface area (Å²) >= 11 is 3.52. The Morgan fingerprint density at radius 3 is 2.67 bits per heavy atom. The maximum atomic E-state index is 12.5. The second-order valence-corrected chi connectivity index (χ2v) is 10.8. The molecule has 0 unspecified atom stereocenters. The first-order chi connectivity index (χ1) is 14.6. The summed E-state index contributed by atoms with van der Waals surface area (Å²) in [5.74, 6) is 0.956. The van der Waals surface area contributed by atoms with E-state index in [-0.39, 0.29) is 28.9 Å². The van der Waals surface area contributed by atoms with Crippen LogP contribution >= 0.6 is 23.1 Å². The maximum Gasteiger partial charge on any atom is 0.245 e. The predicted octanol–water partition coefficient (Wildman–Crippen LogP) is 5.55. The molecule has 1 atom stereocenters. The van der Waals surface area contributed by atoms with Crippen LogP contribution in [0.5, 0.6) is 0 Å². The molecule has 2 aliphatic rings. The molecule has 5 nitrogen and oxygen atoms in total. The van der Waals surface area contributed by atoms with Crippen LogP contribution in [0.1, 0.15) is 56.2 Å². The molecular weight excluding hydrogens is 416 g/mol. The molecule has 30 heavy (non-hydrogen) atoms. The highest BCUT2D eigenvalue weighted by atomic mass is 32.2. The Morgan fingerprint density at radius 1 is 1.10 bits per heavy atom. The second-order valence-electron chi connectivity index (χ2n) is 8.23. The Balaban J connectivity index is 1.54. The molecule has 2 amide bonds. The second kappa shape index (κ2) is 9.54. The number of thiophene rings is 1. The minimum absolute atomic E-state index is 0.129. The van der Waals surface area contributed by atoms with Gasteiger partial charge in [-0.25, -0.2) is 5.48 Å². The number of hydrogen-bond acceptors (Lipinski definition) is 5. The zero-order chi connectivity index (χ0) is 21.0. The number of carbonyl (C=O) groups is 2. The average Bonchev–Trinajstić information content (AvgIpc) is 3.47. The van der Waals surface area contributed by atoms with Crippen LogP contribution in [0.3, 0.4) is 0 Å². The lowest BCUT2D eigenvalue weighted by atomic mass is 9.94. The van der Waals surface area contributed by atoms with Crippen LogP contribution in [0.25, 0.3) is 10.4 Å². The van der Waals surface area contributed by atoms with Gasteiger partial charge in [0.2, 0.25) is 11.8 Å². The highest BCUT2D eigenvalue weighted by Gasteiger charge is 2.38. The van der Waals surface area contributed by atoms with Crippen molar-refractivity contribution in [3.63, 3.8) is 0 Å². The van der Waals surface area contributed by atoms with Gasteiger partial charge < -0.3 is 5.32 Å². The van der Waals surface area contributed by atoms with Crippen molar-refractivity contribution in [3.8, 4) is 10.4 Å². The van der Waals surface area contributed by atoms with Crippen molar-refractivity contribution in [2.24, 2.45) is 5.92 Å². The van der Waals surface area contributed by atoms with E-state index in [9.17, 15) is 9.59 Å². The third-order valence-electron chi connectivity index (χ3n) is 6.12. The summed E-state index contributed by atoms with van der Waals surface area (Å²) in [6.45, 7) is 0. The third-order valence-corrected chi connectivity index (χ3v) is 9.20. The fraction of sp³-hybridized carbons (Fsp3) is 0.478. The predicted molar refractivity (Wildman–Crippen MR) is 123 cm³/mol. The van der Waals surface area contributed by atoms with E-state index in [0.29, 0.717) is 0 Å². The molecular formula is C23H28N2O3S2. The van der Waals surface area contributed by atoms with Gasteiger partial charge in [0.05, 0.1) is 4.75 Å². The number of carbonyl (C=O) groups excluding carboxylic acids is 2. The van der Waals surface area contributed by atoms with Crippen molar-refractivity contribution in [1.29, 1.82) is 0 Å². The van der Waals surface area contributed by atoms with Crippen molar-refractivity contribution >= 4 is 40.6 Å². The molecule has 4 rings (SSSR count). The van der Waals surface area contributed by atoms with Crippen LogP contribution in [-0.4, -0.2) is 22.8 Å². The summed E-state index contributed by atoms with van der Waals surface area (Å²) in [5, 5.41) is 12.1. The Labute approximate surface area is 185 Å². The molecule has 1 aromatic carbocycles. The standard InChI is InChI=1S/C23H28N2O3S2/c26-21(25-28)15-23(12-3-4-13-29-23)20-11-10-19(30-20)17-8-5-9-18(14-17)24-22(27)16-6-1-2-7-16/h5,8-11,14,16,28H,1-4,6-7,12-13,15H2,(H,24,27)(H,25,26)/t23-/m0/s1. The number of hydroxylamine groups is 1. The van der Waals surface area contributed by atoms with E-state index in [1.54, 1.807) is 16.8 Å². The van der Waals surface area contributed by atoms with Crippen molar-refractivity contribution in [1.82, 2.24) is 5.48 Å². The summed E-state index contributed by atoms with van der Waals surface area (Å²) in [6.07, 6.45) is 7.72. The molecule has 0 spiro atoms. The van der Waals surface area contributed by atoms with E-state index < -0.39 is 0 Å². The van der Waals surface area contributed by atoms with Crippen molar-refractivity contribution < 1.29 is 14.8 Å². The molecule has 1 saturated heterocycles. The molecule has 1 aromatic heterocycles. The SMILES string of the molecule is O=C(C[C@]1(c2ccc(-c3cccc(NC(=O)C4CCCC4)c3)s2)CCCCS1)NO. The number of thioether (sulfide) groups is 1. The molecule has 1 aliphatic heterocycles. The van der Waals surface area contributed by atoms with Crippen LogP contribution in [0.4, 0.5) is 5.69 Å². The van der Waals surface area contributed by atoms with Gasteiger partial charge in [-0.15, -0.1) is 23.1 Å². The highest BCUT2D eigenvalue weighted by Crippen LogP contribution is 2.50. The van der Waals surface area contributed by atoms with Gasteiger partial charge in [-0.3, -0.25) is 14.8 Å². The van der Waals surface area contributed by atoms with Crippen LogP contribution in [0, 0.1) is 5.92 Å². The van der Waals surface area contributed by atoms with Gasteiger partial charge in [0.25, 0.3) is 0 Å². The lowest BCUT2D eigenvalue weighted by Crippen LogP contribution is -2.32. The first-order valence-electron chi connectivity index (χ1n) is 10.7. The smallest absolute Gasteiger partial charge is 0.245 e. The molecule has 1 aliphatic carbocycles. The van der Waals surface area contributed by atoms with Crippen LogP contribution in [-0.2, 0) is 14.3 Å². The van der Waals surface area contributed by atoms with Crippen molar-refractivity contribution in [2.75, 3.05) is 11.1 Å².